The van der Waals surface area contributed by atoms with E-state index in [0.717, 1.165) is 24.8 Å². The van der Waals surface area contributed by atoms with Crippen molar-refractivity contribution in [3.8, 4) is 0 Å². The van der Waals surface area contributed by atoms with Gasteiger partial charge in [-0.25, -0.2) is 0 Å². The van der Waals surface area contributed by atoms with Crippen LogP contribution in [0.1, 0.15) is 48.9 Å². The van der Waals surface area contributed by atoms with Gasteiger partial charge in [0.15, 0.2) is 0 Å². The van der Waals surface area contributed by atoms with Gasteiger partial charge in [-0.15, -0.1) is 0 Å². The van der Waals surface area contributed by atoms with E-state index < -0.39 is 11.9 Å². The monoisotopic (exact) mass is 315 g/mol. The molecule has 23 heavy (non-hydrogen) atoms. The van der Waals surface area contributed by atoms with E-state index in [2.05, 4.69) is 31.3 Å². The largest absolute Gasteiger partial charge is 0.481 e. The number of carboxylic acid groups (broad SMARTS) is 1. The van der Waals surface area contributed by atoms with Crippen LogP contribution in [-0.4, -0.2) is 17.0 Å². The van der Waals surface area contributed by atoms with E-state index in [4.69, 9.17) is 0 Å². The van der Waals surface area contributed by atoms with Gasteiger partial charge in [-0.3, -0.25) is 9.59 Å². The summed E-state index contributed by atoms with van der Waals surface area (Å²) in [6.07, 6.45) is 2.84. The summed E-state index contributed by atoms with van der Waals surface area (Å²) in [6.45, 7) is 6.09. The Kier molecular flexibility index (Phi) is 4.17. The molecule has 0 aliphatic heterocycles. The second-order valence-corrected chi connectivity index (χ2v) is 7.30. The number of amides is 1. The highest BCUT2D eigenvalue weighted by Gasteiger charge is 2.54. The van der Waals surface area contributed by atoms with Gasteiger partial charge in [-0.05, 0) is 68.6 Å². The zero-order chi connectivity index (χ0) is 16.7. The highest BCUT2D eigenvalue weighted by molar-refractivity contribution is 5.86. The van der Waals surface area contributed by atoms with E-state index in [-0.39, 0.29) is 29.7 Å². The van der Waals surface area contributed by atoms with Gasteiger partial charge in [0, 0.05) is 0 Å². The van der Waals surface area contributed by atoms with Gasteiger partial charge in [0.25, 0.3) is 0 Å². The normalized spacial score (nSPS) is 30.2. The van der Waals surface area contributed by atoms with Gasteiger partial charge in [0.1, 0.15) is 0 Å². The number of carbonyl (C=O) groups excluding carboxylic acids is 1. The van der Waals surface area contributed by atoms with E-state index in [9.17, 15) is 14.7 Å². The van der Waals surface area contributed by atoms with Crippen molar-refractivity contribution in [3.05, 3.63) is 34.9 Å². The van der Waals surface area contributed by atoms with E-state index in [1.165, 1.54) is 11.1 Å². The van der Waals surface area contributed by atoms with E-state index in [0.29, 0.717) is 0 Å². The van der Waals surface area contributed by atoms with Crippen molar-refractivity contribution in [1.82, 2.24) is 5.32 Å². The van der Waals surface area contributed by atoms with Crippen LogP contribution in [0.15, 0.2) is 18.2 Å². The van der Waals surface area contributed by atoms with Crippen LogP contribution in [0.2, 0.25) is 0 Å². The van der Waals surface area contributed by atoms with Gasteiger partial charge in [0.2, 0.25) is 5.91 Å². The topological polar surface area (TPSA) is 66.4 Å². The smallest absolute Gasteiger partial charge is 0.307 e. The zero-order valence-corrected chi connectivity index (χ0v) is 14.0. The summed E-state index contributed by atoms with van der Waals surface area (Å²) in [5.41, 5.74) is 3.50. The van der Waals surface area contributed by atoms with Crippen molar-refractivity contribution in [2.45, 2.75) is 46.1 Å². The number of benzene rings is 1. The van der Waals surface area contributed by atoms with Crippen molar-refractivity contribution < 1.29 is 14.7 Å². The Morgan fingerprint density at radius 1 is 1.13 bits per heavy atom. The average Bonchev–Trinajstić information content (AvgIpc) is 3.10. The van der Waals surface area contributed by atoms with Gasteiger partial charge in [0.05, 0.1) is 17.9 Å². The molecular formula is C19H25NO3. The summed E-state index contributed by atoms with van der Waals surface area (Å²) in [5.74, 6) is -1.33. The Hall–Kier alpha value is -1.84. The Balaban J connectivity index is 1.73. The first-order valence-corrected chi connectivity index (χ1v) is 8.48. The lowest BCUT2D eigenvalue weighted by molar-refractivity contribution is -0.149. The predicted molar refractivity (Wildman–Crippen MR) is 87.9 cm³/mol. The van der Waals surface area contributed by atoms with Crippen molar-refractivity contribution in [3.63, 3.8) is 0 Å². The van der Waals surface area contributed by atoms with Crippen LogP contribution in [0, 0.1) is 37.5 Å². The molecule has 2 bridgehead atoms. The number of aryl methyl sites for hydroxylation is 2. The predicted octanol–water partition coefficient (Wildman–Crippen LogP) is 3.23. The van der Waals surface area contributed by atoms with Gasteiger partial charge < -0.3 is 10.4 Å². The second-order valence-electron chi connectivity index (χ2n) is 7.30. The fourth-order valence-electron chi connectivity index (χ4n) is 4.45. The minimum Gasteiger partial charge on any atom is -0.481 e. The first kappa shape index (κ1) is 16.0. The molecule has 1 aromatic carbocycles. The summed E-state index contributed by atoms with van der Waals surface area (Å²) in [4.78, 5) is 24.3. The van der Waals surface area contributed by atoms with Crippen molar-refractivity contribution >= 4 is 11.9 Å². The molecule has 2 fully saturated rings. The Bertz CT molecular complexity index is 640. The molecule has 1 aromatic rings. The van der Waals surface area contributed by atoms with Crippen LogP contribution < -0.4 is 5.32 Å². The minimum absolute atomic E-state index is 0.0877. The summed E-state index contributed by atoms with van der Waals surface area (Å²) >= 11 is 0. The molecule has 3 rings (SSSR count). The molecule has 2 N–H and O–H groups in total. The van der Waals surface area contributed by atoms with Crippen molar-refractivity contribution in [2.24, 2.45) is 23.7 Å². The highest BCUT2D eigenvalue weighted by Crippen LogP contribution is 2.52. The first-order valence-electron chi connectivity index (χ1n) is 8.48. The molecule has 1 amide bonds. The van der Waals surface area contributed by atoms with Crippen LogP contribution in [0.4, 0.5) is 0 Å². The fourth-order valence-corrected chi connectivity index (χ4v) is 4.45. The Labute approximate surface area is 137 Å². The third kappa shape index (κ3) is 2.87. The molecule has 0 heterocycles. The third-order valence-corrected chi connectivity index (χ3v) is 5.89. The minimum atomic E-state index is -0.809. The second kappa shape index (κ2) is 5.99. The molecule has 0 radical (unpaired) electrons. The lowest BCUT2D eigenvalue weighted by atomic mass is 9.78. The van der Waals surface area contributed by atoms with Crippen LogP contribution >= 0.6 is 0 Å². The van der Waals surface area contributed by atoms with Gasteiger partial charge >= 0.3 is 5.97 Å². The molecule has 0 saturated heterocycles. The molecule has 5 unspecified atom stereocenters. The van der Waals surface area contributed by atoms with Crippen LogP contribution in [-0.2, 0) is 9.59 Å². The standard InChI is InChI=1S/C19H25NO3/c1-10-4-5-13(8-11(10)2)12(3)20-18(21)16-14-6-7-15(9-14)17(16)19(22)23/h4-5,8,12,14-17H,6-7,9H2,1-3H3,(H,20,21)(H,22,23). The van der Waals surface area contributed by atoms with E-state index >= 15 is 0 Å². The van der Waals surface area contributed by atoms with E-state index in [1.54, 1.807) is 0 Å². The molecule has 4 nitrogen and oxygen atoms in total. The lowest BCUT2D eigenvalue weighted by Gasteiger charge is -2.28. The molecule has 0 spiro atoms. The highest BCUT2D eigenvalue weighted by atomic mass is 16.4. The van der Waals surface area contributed by atoms with E-state index in [1.807, 2.05) is 13.0 Å². The average molecular weight is 315 g/mol. The quantitative estimate of drug-likeness (QED) is 0.896. The maximum atomic E-state index is 12.7. The maximum absolute atomic E-state index is 12.7. The third-order valence-electron chi connectivity index (χ3n) is 5.89. The molecule has 2 aliphatic carbocycles. The van der Waals surface area contributed by atoms with Crippen molar-refractivity contribution in [1.29, 1.82) is 0 Å². The molecule has 124 valence electrons. The Morgan fingerprint density at radius 3 is 2.39 bits per heavy atom. The Morgan fingerprint density at radius 2 is 1.78 bits per heavy atom. The number of fused-ring (bicyclic) bond motifs is 2. The van der Waals surface area contributed by atoms with Gasteiger partial charge in [-0.1, -0.05) is 18.2 Å². The number of hydrogen-bond acceptors (Lipinski definition) is 2. The first-order chi connectivity index (χ1) is 10.9. The van der Waals surface area contributed by atoms with Crippen LogP contribution in [0.3, 0.4) is 0 Å². The summed E-state index contributed by atoms with van der Waals surface area (Å²) < 4.78 is 0. The molecule has 0 aromatic heterocycles. The number of aliphatic carboxylic acids is 1. The number of carboxylic acids is 1. The maximum Gasteiger partial charge on any atom is 0.307 e. The summed E-state index contributed by atoms with van der Waals surface area (Å²) in [7, 11) is 0. The summed E-state index contributed by atoms with van der Waals surface area (Å²) in [5, 5.41) is 12.5. The van der Waals surface area contributed by atoms with Gasteiger partial charge in [-0.2, -0.15) is 0 Å². The molecular weight excluding hydrogens is 290 g/mol. The molecule has 5 atom stereocenters. The zero-order valence-electron chi connectivity index (χ0n) is 14.0. The van der Waals surface area contributed by atoms with Crippen LogP contribution in [0.5, 0.6) is 0 Å². The summed E-state index contributed by atoms with van der Waals surface area (Å²) in [6, 6.07) is 6.08. The van der Waals surface area contributed by atoms with Crippen LogP contribution in [0.25, 0.3) is 0 Å². The lowest BCUT2D eigenvalue weighted by Crippen LogP contribution is -2.42. The van der Waals surface area contributed by atoms with Crippen molar-refractivity contribution in [2.75, 3.05) is 0 Å². The number of nitrogens with one attached hydrogen (secondary N) is 1. The number of hydrogen-bond donors (Lipinski definition) is 2. The fraction of sp³-hybridized carbons (Fsp3) is 0.579. The molecule has 4 heteroatoms. The molecule has 2 saturated carbocycles. The SMILES string of the molecule is Cc1ccc(C(C)NC(=O)C2C3CCC(C3)C2C(=O)O)cc1C. The number of carbonyl (C=O) groups is 2. The molecule has 2 aliphatic rings. The number of rotatable bonds is 4.